The van der Waals surface area contributed by atoms with Crippen LogP contribution in [-0.4, -0.2) is 44.0 Å². The number of carbonyl (C=O) groups is 3. The predicted octanol–water partition coefficient (Wildman–Crippen LogP) is 3.45. The normalized spacial score (nSPS) is 17.1. The van der Waals surface area contributed by atoms with Crippen LogP contribution in [0, 0.1) is 0 Å². The number of anilines is 3. The second-order valence-electron chi connectivity index (χ2n) is 7.45. The van der Waals surface area contributed by atoms with Crippen molar-refractivity contribution in [1.29, 1.82) is 0 Å². The average molecular weight is 447 g/mol. The molecular formula is C22H20F3N3O4. The molecule has 0 atom stereocenters. The number of carbonyl (C=O) groups excluding carboxylic acids is 3. The van der Waals surface area contributed by atoms with Crippen molar-refractivity contribution in [2.24, 2.45) is 0 Å². The number of hydrogen-bond acceptors (Lipinski definition) is 5. The van der Waals surface area contributed by atoms with Crippen molar-refractivity contribution >= 4 is 34.8 Å². The molecule has 168 valence electrons. The van der Waals surface area contributed by atoms with Gasteiger partial charge in [-0.3, -0.25) is 19.3 Å². The zero-order valence-electron chi connectivity index (χ0n) is 16.9. The fourth-order valence-electron chi connectivity index (χ4n) is 3.71. The van der Waals surface area contributed by atoms with Gasteiger partial charge in [-0.25, -0.2) is 0 Å². The van der Waals surface area contributed by atoms with E-state index in [-0.39, 0.29) is 35.9 Å². The highest BCUT2D eigenvalue weighted by atomic mass is 19.4. The standard InChI is InChI=1S/C22H20F3N3O4/c23-22(24,25)15-3-6-18(27-9-11-32-12-10-27)17(13-15)26-21(31)14-1-4-16(5-2-14)28-19(29)7-8-20(28)30/h1-6,13H,7-12H2,(H,26,31). The van der Waals surface area contributed by atoms with Crippen LogP contribution in [0.2, 0.25) is 0 Å². The minimum atomic E-state index is -4.56. The molecule has 10 heteroatoms. The van der Waals surface area contributed by atoms with Crippen LogP contribution in [0.25, 0.3) is 0 Å². The largest absolute Gasteiger partial charge is 0.416 e. The van der Waals surface area contributed by atoms with Gasteiger partial charge in [0.15, 0.2) is 0 Å². The molecule has 0 saturated carbocycles. The van der Waals surface area contributed by atoms with E-state index >= 15 is 0 Å². The summed E-state index contributed by atoms with van der Waals surface area (Å²) in [6.07, 6.45) is -4.28. The number of amides is 3. The Kier molecular flexibility index (Phi) is 5.88. The molecule has 2 aliphatic heterocycles. The maximum absolute atomic E-state index is 13.3. The molecule has 4 rings (SSSR count). The molecule has 3 amide bonds. The van der Waals surface area contributed by atoms with Crippen molar-refractivity contribution in [1.82, 2.24) is 0 Å². The second-order valence-corrected chi connectivity index (χ2v) is 7.45. The highest BCUT2D eigenvalue weighted by molar-refractivity contribution is 6.20. The van der Waals surface area contributed by atoms with Gasteiger partial charge in [-0.15, -0.1) is 0 Å². The van der Waals surface area contributed by atoms with Gasteiger partial charge in [-0.1, -0.05) is 0 Å². The lowest BCUT2D eigenvalue weighted by Gasteiger charge is -2.31. The monoisotopic (exact) mass is 447 g/mol. The van der Waals surface area contributed by atoms with Crippen molar-refractivity contribution in [3.8, 4) is 0 Å². The first-order chi connectivity index (χ1) is 15.2. The van der Waals surface area contributed by atoms with Crippen LogP contribution in [0.15, 0.2) is 42.5 Å². The summed E-state index contributed by atoms with van der Waals surface area (Å²) in [6.45, 7) is 1.84. The van der Waals surface area contributed by atoms with Crippen molar-refractivity contribution in [3.05, 3.63) is 53.6 Å². The molecule has 2 heterocycles. The van der Waals surface area contributed by atoms with Crippen molar-refractivity contribution in [3.63, 3.8) is 0 Å². The van der Waals surface area contributed by atoms with E-state index in [1.165, 1.54) is 30.3 Å². The minimum Gasteiger partial charge on any atom is -0.378 e. The molecule has 7 nitrogen and oxygen atoms in total. The van der Waals surface area contributed by atoms with E-state index in [9.17, 15) is 27.6 Å². The number of rotatable bonds is 4. The van der Waals surface area contributed by atoms with Gasteiger partial charge in [0.2, 0.25) is 11.8 Å². The molecular weight excluding hydrogens is 427 g/mol. The first-order valence-corrected chi connectivity index (χ1v) is 10.1. The molecule has 0 radical (unpaired) electrons. The van der Waals surface area contributed by atoms with E-state index in [0.29, 0.717) is 37.7 Å². The Hall–Kier alpha value is -3.40. The molecule has 0 aliphatic carbocycles. The summed E-state index contributed by atoms with van der Waals surface area (Å²) in [7, 11) is 0. The number of nitrogens with zero attached hydrogens (tertiary/aromatic N) is 2. The summed E-state index contributed by atoms with van der Waals surface area (Å²) in [5, 5.41) is 2.57. The smallest absolute Gasteiger partial charge is 0.378 e. The van der Waals surface area contributed by atoms with E-state index in [1.807, 2.05) is 4.90 Å². The minimum absolute atomic E-state index is 0.0423. The lowest BCUT2D eigenvalue weighted by Crippen LogP contribution is -2.36. The molecule has 0 spiro atoms. The summed E-state index contributed by atoms with van der Waals surface area (Å²) in [5.41, 5.74) is 0.173. The van der Waals surface area contributed by atoms with Crippen LogP contribution in [-0.2, 0) is 20.5 Å². The summed E-state index contributed by atoms with van der Waals surface area (Å²) in [4.78, 5) is 39.4. The molecule has 1 N–H and O–H groups in total. The van der Waals surface area contributed by atoms with Crippen LogP contribution >= 0.6 is 0 Å². The van der Waals surface area contributed by atoms with Crippen molar-refractivity contribution in [2.75, 3.05) is 41.4 Å². The molecule has 2 aromatic rings. The van der Waals surface area contributed by atoms with Crippen LogP contribution in [0.3, 0.4) is 0 Å². The van der Waals surface area contributed by atoms with Crippen molar-refractivity contribution in [2.45, 2.75) is 19.0 Å². The van der Waals surface area contributed by atoms with Gasteiger partial charge in [0, 0.05) is 31.5 Å². The molecule has 0 unspecified atom stereocenters. The Morgan fingerprint density at radius 3 is 2.16 bits per heavy atom. The van der Waals surface area contributed by atoms with Crippen LogP contribution < -0.4 is 15.1 Å². The van der Waals surface area contributed by atoms with Gasteiger partial charge in [0.25, 0.3) is 5.91 Å². The first kappa shape index (κ1) is 21.8. The lowest BCUT2D eigenvalue weighted by molar-refractivity contribution is -0.137. The third-order valence-electron chi connectivity index (χ3n) is 5.36. The average Bonchev–Trinajstić information content (AvgIpc) is 3.11. The van der Waals surface area contributed by atoms with E-state index < -0.39 is 17.6 Å². The third kappa shape index (κ3) is 4.45. The number of alkyl halides is 3. The summed E-state index contributed by atoms with van der Waals surface area (Å²) in [5.74, 6) is -1.23. The van der Waals surface area contributed by atoms with E-state index in [4.69, 9.17) is 4.74 Å². The Labute approximate surface area is 181 Å². The molecule has 0 aromatic heterocycles. The van der Waals surface area contributed by atoms with Gasteiger partial charge in [-0.2, -0.15) is 13.2 Å². The van der Waals surface area contributed by atoms with Gasteiger partial charge in [0.1, 0.15) is 0 Å². The van der Waals surface area contributed by atoms with E-state index in [1.54, 1.807) is 0 Å². The Morgan fingerprint density at radius 2 is 1.56 bits per heavy atom. The van der Waals surface area contributed by atoms with Gasteiger partial charge >= 0.3 is 6.18 Å². The summed E-state index contributed by atoms with van der Waals surface area (Å²) in [6, 6.07) is 9.02. The number of imide groups is 1. The Morgan fingerprint density at radius 1 is 0.938 bits per heavy atom. The third-order valence-corrected chi connectivity index (χ3v) is 5.36. The van der Waals surface area contributed by atoms with Crippen molar-refractivity contribution < 1.29 is 32.3 Å². The highest BCUT2D eigenvalue weighted by Crippen LogP contribution is 2.36. The first-order valence-electron chi connectivity index (χ1n) is 10.1. The second kappa shape index (κ2) is 8.62. The number of halogens is 3. The van der Waals surface area contributed by atoms with Crippen LogP contribution in [0.5, 0.6) is 0 Å². The van der Waals surface area contributed by atoms with Crippen LogP contribution in [0.4, 0.5) is 30.2 Å². The zero-order chi connectivity index (χ0) is 22.9. The topological polar surface area (TPSA) is 79.0 Å². The lowest BCUT2D eigenvalue weighted by atomic mass is 10.1. The highest BCUT2D eigenvalue weighted by Gasteiger charge is 2.32. The number of ether oxygens (including phenoxy) is 1. The van der Waals surface area contributed by atoms with Gasteiger partial charge < -0.3 is 15.0 Å². The van der Waals surface area contributed by atoms with Gasteiger partial charge in [-0.05, 0) is 42.5 Å². The fourth-order valence-corrected chi connectivity index (χ4v) is 3.71. The summed E-state index contributed by atoms with van der Waals surface area (Å²) >= 11 is 0. The molecule has 2 aromatic carbocycles. The summed E-state index contributed by atoms with van der Waals surface area (Å²) < 4.78 is 45.1. The number of morpholine rings is 1. The fraction of sp³-hybridized carbons (Fsp3) is 0.318. The maximum atomic E-state index is 13.3. The predicted molar refractivity (Wildman–Crippen MR) is 111 cm³/mol. The molecule has 2 fully saturated rings. The van der Waals surface area contributed by atoms with Gasteiger partial charge in [0.05, 0.1) is 35.8 Å². The molecule has 32 heavy (non-hydrogen) atoms. The molecule has 2 saturated heterocycles. The maximum Gasteiger partial charge on any atom is 0.416 e. The SMILES string of the molecule is O=C(Nc1cc(C(F)(F)F)ccc1N1CCOCC1)c1ccc(N2C(=O)CCC2=O)cc1. The van der Waals surface area contributed by atoms with E-state index in [2.05, 4.69) is 5.32 Å². The molecule has 0 bridgehead atoms. The van der Waals surface area contributed by atoms with Crippen LogP contribution in [0.1, 0.15) is 28.8 Å². The van der Waals surface area contributed by atoms with E-state index in [0.717, 1.165) is 17.0 Å². The Balaban J connectivity index is 1.58. The Bertz CT molecular complexity index is 1030. The number of benzene rings is 2. The number of hydrogen-bond donors (Lipinski definition) is 1. The molecule has 2 aliphatic rings. The quantitative estimate of drug-likeness (QED) is 0.727. The number of nitrogens with one attached hydrogen (secondary N) is 1. The zero-order valence-corrected chi connectivity index (χ0v) is 16.9.